The number of hydrogen-bond acceptors (Lipinski definition) is 4. The zero-order valence-electron chi connectivity index (χ0n) is 22.3. The molecule has 0 bridgehead atoms. The van der Waals surface area contributed by atoms with Gasteiger partial charge in [-0.15, -0.1) is 0 Å². The molecule has 10 heteroatoms. The van der Waals surface area contributed by atoms with E-state index in [1.807, 2.05) is 30.3 Å². The number of nitrogens with zero attached hydrogens (tertiary/aromatic N) is 2. The highest BCUT2D eigenvalue weighted by molar-refractivity contribution is 7.92. The van der Waals surface area contributed by atoms with E-state index >= 15 is 0 Å². The molecule has 1 N–H and O–H groups in total. The van der Waals surface area contributed by atoms with E-state index in [0.29, 0.717) is 0 Å². The summed E-state index contributed by atoms with van der Waals surface area (Å²) in [4.78, 5) is 28.6. The normalized spacial score (nSPS) is 14.8. The predicted octanol–water partition coefficient (Wildman–Crippen LogP) is 5.54. The number of hydrogen-bond donors (Lipinski definition) is 1. The van der Waals surface area contributed by atoms with Crippen molar-refractivity contribution in [2.24, 2.45) is 0 Å². The second-order valence-corrected chi connectivity index (χ2v) is 12.2. The first-order valence-corrected chi connectivity index (χ1v) is 15.1. The molecule has 0 radical (unpaired) electrons. The number of carbonyl (C=O) groups excluding carboxylic acids is 2. The Bertz CT molecular complexity index is 1420. The lowest BCUT2D eigenvalue weighted by Crippen LogP contribution is -2.53. The third-order valence-corrected chi connectivity index (χ3v) is 9.19. The summed E-state index contributed by atoms with van der Waals surface area (Å²) in [5.74, 6) is -1.60. The first-order valence-electron chi connectivity index (χ1n) is 13.3. The Morgan fingerprint density at radius 1 is 0.975 bits per heavy atom. The fourth-order valence-corrected chi connectivity index (χ4v) is 6.42. The minimum Gasteiger partial charge on any atom is -0.352 e. The number of rotatable bonds is 10. The average Bonchev–Trinajstić information content (AvgIpc) is 2.97. The Labute approximate surface area is 240 Å². The summed E-state index contributed by atoms with van der Waals surface area (Å²) in [6, 6.07) is 19.5. The maximum Gasteiger partial charge on any atom is 0.264 e. The molecular weight excluding hydrogens is 553 g/mol. The molecular formula is C30H33ClFN3O4S. The minimum atomic E-state index is -4.25. The van der Waals surface area contributed by atoms with Crippen molar-refractivity contribution < 1.29 is 22.4 Å². The summed E-state index contributed by atoms with van der Waals surface area (Å²) >= 11 is 6.00. The van der Waals surface area contributed by atoms with Gasteiger partial charge in [-0.1, -0.05) is 79.4 Å². The maximum absolute atomic E-state index is 14.0. The second kappa shape index (κ2) is 13.3. The molecule has 0 heterocycles. The topological polar surface area (TPSA) is 86.8 Å². The molecule has 0 spiro atoms. The lowest BCUT2D eigenvalue weighted by Gasteiger charge is -2.33. The second-order valence-electron chi connectivity index (χ2n) is 9.95. The van der Waals surface area contributed by atoms with Gasteiger partial charge in [-0.2, -0.15) is 0 Å². The zero-order valence-corrected chi connectivity index (χ0v) is 23.9. The molecule has 1 atom stereocenters. The van der Waals surface area contributed by atoms with Crippen molar-refractivity contribution in [1.29, 1.82) is 0 Å². The molecule has 1 fully saturated rings. The van der Waals surface area contributed by atoms with Gasteiger partial charge in [0.1, 0.15) is 18.4 Å². The van der Waals surface area contributed by atoms with Crippen molar-refractivity contribution >= 4 is 39.1 Å². The van der Waals surface area contributed by atoms with Crippen LogP contribution in [0.25, 0.3) is 0 Å². The van der Waals surface area contributed by atoms with Crippen molar-refractivity contribution in [3.63, 3.8) is 0 Å². The van der Waals surface area contributed by atoms with Crippen LogP contribution in [-0.2, 0) is 26.2 Å². The molecule has 3 aromatic rings. The third kappa shape index (κ3) is 7.20. The van der Waals surface area contributed by atoms with E-state index in [2.05, 4.69) is 5.32 Å². The van der Waals surface area contributed by atoms with Crippen molar-refractivity contribution in [3.8, 4) is 0 Å². The van der Waals surface area contributed by atoms with Gasteiger partial charge in [-0.25, -0.2) is 12.8 Å². The van der Waals surface area contributed by atoms with Crippen LogP contribution in [0.4, 0.5) is 10.1 Å². The van der Waals surface area contributed by atoms with Crippen LogP contribution in [0.5, 0.6) is 0 Å². The van der Waals surface area contributed by atoms with E-state index < -0.39 is 34.3 Å². The molecule has 4 rings (SSSR count). The fourth-order valence-electron chi connectivity index (χ4n) is 4.82. The largest absolute Gasteiger partial charge is 0.352 e. The van der Waals surface area contributed by atoms with E-state index in [1.165, 1.54) is 29.2 Å². The molecule has 212 valence electrons. The number of carbonyl (C=O) groups is 2. The van der Waals surface area contributed by atoms with Crippen LogP contribution in [0.15, 0.2) is 83.8 Å². The summed E-state index contributed by atoms with van der Waals surface area (Å²) in [5.41, 5.74) is 0.818. The first kappa shape index (κ1) is 29.6. The molecule has 7 nitrogen and oxygen atoms in total. The zero-order chi connectivity index (χ0) is 28.7. The predicted molar refractivity (Wildman–Crippen MR) is 154 cm³/mol. The Hall–Kier alpha value is -3.43. The summed E-state index contributed by atoms with van der Waals surface area (Å²) < 4.78 is 42.4. The molecule has 1 aliphatic rings. The molecule has 2 amide bonds. The van der Waals surface area contributed by atoms with Crippen LogP contribution >= 0.6 is 11.6 Å². The van der Waals surface area contributed by atoms with Crippen molar-refractivity contribution in [1.82, 2.24) is 10.2 Å². The van der Waals surface area contributed by atoms with Gasteiger partial charge >= 0.3 is 0 Å². The minimum absolute atomic E-state index is 0.0302. The van der Waals surface area contributed by atoms with Crippen LogP contribution in [0.3, 0.4) is 0 Å². The van der Waals surface area contributed by atoms with Crippen LogP contribution in [0.2, 0.25) is 5.02 Å². The van der Waals surface area contributed by atoms with Gasteiger partial charge in [0.25, 0.3) is 10.0 Å². The van der Waals surface area contributed by atoms with Gasteiger partial charge in [-0.05, 0) is 55.7 Å². The molecule has 40 heavy (non-hydrogen) atoms. The molecule has 0 aromatic heterocycles. The Morgan fingerprint density at radius 3 is 2.23 bits per heavy atom. The Balaban J connectivity index is 1.67. The number of sulfonamides is 1. The highest BCUT2D eigenvalue weighted by Gasteiger charge is 2.33. The first-order chi connectivity index (χ1) is 19.2. The molecule has 1 aliphatic carbocycles. The monoisotopic (exact) mass is 585 g/mol. The third-order valence-electron chi connectivity index (χ3n) is 7.12. The highest BCUT2D eigenvalue weighted by atomic mass is 35.5. The number of halogens is 2. The molecule has 0 saturated heterocycles. The van der Waals surface area contributed by atoms with E-state index in [9.17, 15) is 22.4 Å². The van der Waals surface area contributed by atoms with Gasteiger partial charge in [0.15, 0.2) is 0 Å². The van der Waals surface area contributed by atoms with Gasteiger partial charge in [-0.3, -0.25) is 13.9 Å². The number of benzene rings is 3. The summed E-state index contributed by atoms with van der Waals surface area (Å²) in [5, 5.41) is 2.79. The van der Waals surface area contributed by atoms with E-state index in [-0.39, 0.29) is 34.1 Å². The van der Waals surface area contributed by atoms with E-state index in [0.717, 1.165) is 48.0 Å². The van der Waals surface area contributed by atoms with Crippen LogP contribution < -0.4 is 9.62 Å². The molecule has 0 aliphatic heterocycles. The summed E-state index contributed by atoms with van der Waals surface area (Å²) in [7, 11) is -4.25. The van der Waals surface area contributed by atoms with Crippen molar-refractivity contribution in [3.05, 3.63) is 95.3 Å². The van der Waals surface area contributed by atoms with Crippen LogP contribution in [0.1, 0.15) is 44.6 Å². The molecule has 3 aromatic carbocycles. The quantitative estimate of drug-likeness (QED) is 0.338. The van der Waals surface area contributed by atoms with Crippen LogP contribution in [0, 0.1) is 5.82 Å². The highest BCUT2D eigenvalue weighted by Crippen LogP contribution is 2.28. The summed E-state index contributed by atoms with van der Waals surface area (Å²) in [6.07, 6.45) is 5.00. The average molecular weight is 586 g/mol. The lowest BCUT2D eigenvalue weighted by atomic mass is 9.95. The van der Waals surface area contributed by atoms with Crippen molar-refractivity contribution in [2.45, 2.75) is 62.6 Å². The number of amides is 2. The van der Waals surface area contributed by atoms with Gasteiger partial charge in [0.2, 0.25) is 11.8 Å². The SMILES string of the molecule is CC(C(=O)NC1CCCCC1)N(Cc1ccccc1)C(=O)CN(c1ccc(F)c(Cl)c1)S(=O)(=O)c1ccccc1. The fraction of sp³-hybridized carbons (Fsp3) is 0.333. The molecule has 1 unspecified atom stereocenters. The Morgan fingerprint density at radius 2 is 1.60 bits per heavy atom. The smallest absolute Gasteiger partial charge is 0.264 e. The van der Waals surface area contributed by atoms with Gasteiger partial charge in [0.05, 0.1) is 15.6 Å². The number of nitrogens with one attached hydrogen (secondary N) is 1. The maximum atomic E-state index is 14.0. The standard InChI is InChI=1S/C30H33ClFN3O4S/c1-22(30(37)33-24-13-7-3-8-14-24)34(20-23-11-5-2-6-12-23)29(36)21-35(25-17-18-28(32)27(31)19-25)40(38,39)26-15-9-4-10-16-26/h2,4-6,9-12,15-19,22,24H,3,7-8,13-14,20-21H2,1H3,(H,33,37). The summed E-state index contributed by atoms with van der Waals surface area (Å²) in [6.45, 7) is 1.12. The van der Waals surface area contributed by atoms with Gasteiger partial charge in [0, 0.05) is 12.6 Å². The molecule has 1 saturated carbocycles. The van der Waals surface area contributed by atoms with E-state index in [4.69, 9.17) is 11.6 Å². The number of anilines is 1. The van der Waals surface area contributed by atoms with Crippen molar-refractivity contribution in [2.75, 3.05) is 10.8 Å². The van der Waals surface area contributed by atoms with E-state index in [1.54, 1.807) is 25.1 Å². The lowest BCUT2D eigenvalue weighted by molar-refractivity contribution is -0.139. The van der Waals surface area contributed by atoms with Crippen LogP contribution in [-0.4, -0.2) is 43.8 Å². The Kier molecular flexibility index (Phi) is 9.81. The van der Waals surface area contributed by atoms with Gasteiger partial charge < -0.3 is 10.2 Å².